The molecule has 0 saturated carbocycles. The number of benzene rings is 2. The van der Waals surface area contributed by atoms with Crippen LogP contribution in [0.3, 0.4) is 0 Å². The highest BCUT2D eigenvalue weighted by atomic mass is 16.5. The topological polar surface area (TPSA) is 79.9 Å². The van der Waals surface area contributed by atoms with E-state index in [1.54, 1.807) is 12.1 Å². The average molecular weight is 395 g/mol. The summed E-state index contributed by atoms with van der Waals surface area (Å²) in [7, 11) is 0. The Morgan fingerprint density at radius 3 is 2.69 bits per heavy atom. The zero-order valence-electron chi connectivity index (χ0n) is 16.2. The second kappa shape index (κ2) is 9.07. The molecule has 0 aliphatic carbocycles. The van der Waals surface area contributed by atoms with Gasteiger partial charge in [-0.3, -0.25) is 4.90 Å². The molecule has 152 valence electrons. The van der Waals surface area contributed by atoms with Crippen molar-refractivity contribution in [2.24, 2.45) is 0 Å². The van der Waals surface area contributed by atoms with E-state index in [1.165, 1.54) is 5.56 Å². The molecule has 0 bridgehead atoms. The van der Waals surface area contributed by atoms with Crippen molar-refractivity contribution in [1.82, 2.24) is 10.2 Å². The van der Waals surface area contributed by atoms with Gasteiger partial charge in [0, 0.05) is 36.9 Å². The number of nitrogens with zero attached hydrogens (tertiary/aromatic N) is 1. The van der Waals surface area contributed by atoms with E-state index >= 15 is 0 Å². The summed E-state index contributed by atoms with van der Waals surface area (Å²) >= 11 is 0. The number of fused-ring (bicyclic) bond motifs is 1. The Morgan fingerprint density at radius 1 is 1.10 bits per heavy atom. The highest BCUT2D eigenvalue weighted by Crippen LogP contribution is 2.23. The number of esters is 1. The summed E-state index contributed by atoms with van der Waals surface area (Å²) in [6.07, 6.45) is 0.738. The third-order valence-corrected chi connectivity index (χ3v) is 5.19. The third kappa shape index (κ3) is 5.13. The van der Waals surface area contributed by atoms with E-state index in [1.807, 2.05) is 24.3 Å². The van der Waals surface area contributed by atoms with Gasteiger partial charge in [-0.25, -0.2) is 9.59 Å². The van der Waals surface area contributed by atoms with E-state index in [0.29, 0.717) is 17.9 Å². The average Bonchev–Trinajstić information content (AvgIpc) is 3.10. The monoisotopic (exact) mass is 395 g/mol. The van der Waals surface area contributed by atoms with Gasteiger partial charge in [0.1, 0.15) is 6.61 Å². The molecule has 0 aromatic heterocycles. The first-order chi connectivity index (χ1) is 14.2. The van der Waals surface area contributed by atoms with Crippen LogP contribution in [0.25, 0.3) is 0 Å². The summed E-state index contributed by atoms with van der Waals surface area (Å²) in [5.74, 6) is -0.349. The zero-order valence-corrected chi connectivity index (χ0v) is 16.2. The lowest BCUT2D eigenvalue weighted by molar-refractivity contribution is 0.0341. The van der Waals surface area contributed by atoms with Gasteiger partial charge in [0.15, 0.2) is 0 Å². The molecule has 4 rings (SSSR count). The molecule has 1 atom stereocenters. The van der Waals surface area contributed by atoms with E-state index in [4.69, 9.17) is 9.47 Å². The Labute approximate surface area is 170 Å². The number of morpholine rings is 1. The van der Waals surface area contributed by atoms with Crippen LogP contribution >= 0.6 is 0 Å². The molecular formula is C22H25N3O4. The van der Waals surface area contributed by atoms with Gasteiger partial charge < -0.3 is 20.1 Å². The molecule has 29 heavy (non-hydrogen) atoms. The largest absolute Gasteiger partial charge is 0.457 e. The first kappa shape index (κ1) is 19.4. The fraction of sp³-hybridized carbons (Fsp3) is 0.364. The van der Waals surface area contributed by atoms with Crippen LogP contribution in [-0.2, 0) is 22.5 Å². The maximum Gasteiger partial charge on any atom is 0.338 e. The lowest BCUT2D eigenvalue weighted by atomic mass is 10.1. The summed E-state index contributed by atoms with van der Waals surface area (Å²) in [5.41, 5.74) is 3.10. The van der Waals surface area contributed by atoms with Crippen LogP contribution in [0.1, 0.15) is 21.5 Å². The van der Waals surface area contributed by atoms with Crippen LogP contribution in [0, 0.1) is 0 Å². The van der Waals surface area contributed by atoms with Gasteiger partial charge in [-0.05, 0) is 24.1 Å². The number of rotatable bonds is 6. The maximum absolute atomic E-state index is 12.7. The smallest absolute Gasteiger partial charge is 0.338 e. The number of ether oxygens (including phenoxy) is 2. The SMILES string of the molecule is O=C(Nc1ccc2c(c1)C(=O)OC2)NC(Cc1ccccc1)CN1CCOCC1. The van der Waals surface area contributed by atoms with Crippen LogP contribution in [0.5, 0.6) is 0 Å². The summed E-state index contributed by atoms with van der Waals surface area (Å²) in [5, 5.41) is 5.94. The zero-order chi connectivity index (χ0) is 20.1. The summed E-state index contributed by atoms with van der Waals surface area (Å²) in [4.78, 5) is 26.7. The van der Waals surface area contributed by atoms with Crippen LogP contribution < -0.4 is 10.6 Å². The molecular weight excluding hydrogens is 370 g/mol. The number of hydrogen-bond acceptors (Lipinski definition) is 5. The molecule has 2 aliphatic rings. The highest BCUT2D eigenvalue weighted by Gasteiger charge is 2.22. The van der Waals surface area contributed by atoms with E-state index in [2.05, 4.69) is 27.7 Å². The van der Waals surface area contributed by atoms with Gasteiger partial charge in [0.2, 0.25) is 0 Å². The van der Waals surface area contributed by atoms with E-state index in [0.717, 1.165) is 44.8 Å². The Morgan fingerprint density at radius 2 is 1.90 bits per heavy atom. The summed E-state index contributed by atoms with van der Waals surface area (Å²) < 4.78 is 10.4. The number of anilines is 1. The molecule has 0 spiro atoms. The molecule has 1 saturated heterocycles. The fourth-order valence-electron chi connectivity index (χ4n) is 3.70. The minimum atomic E-state index is -0.349. The molecule has 2 N–H and O–H groups in total. The summed E-state index contributed by atoms with van der Waals surface area (Å²) in [6, 6.07) is 15.1. The minimum Gasteiger partial charge on any atom is -0.457 e. The van der Waals surface area contributed by atoms with Crippen molar-refractivity contribution in [2.75, 3.05) is 38.2 Å². The third-order valence-electron chi connectivity index (χ3n) is 5.19. The van der Waals surface area contributed by atoms with Crippen LogP contribution in [-0.4, -0.2) is 55.8 Å². The highest BCUT2D eigenvalue weighted by molar-refractivity contribution is 5.96. The number of hydrogen-bond donors (Lipinski definition) is 2. The number of amides is 2. The molecule has 2 heterocycles. The first-order valence-electron chi connectivity index (χ1n) is 9.89. The lowest BCUT2D eigenvalue weighted by Crippen LogP contribution is -2.49. The Kier molecular flexibility index (Phi) is 6.07. The van der Waals surface area contributed by atoms with Crippen molar-refractivity contribution in [3.8, 4) is 0 Å². The lowest BCUT2D eigenvalue weighted by Gasteiger charge is -2.31. The van der Waals surface area contributed by atoms with Crippen molar-refractivity contribution >= 4 is 17.7 Å². The Balaban J connectivity index is 1.41. The van der Waals surface area contributed by atoms with E-state index in [-0.39, 0.29) is 18.0 Å². The normalized spacial score (nSPS) is 17.3. The Bertz CT molecular complexity index is 866. The van der Waals surface area contributed by atoms with E-state index in [9.17, 15) is 9.59 Å². The predicted octanol–water partition coefficient (Wildman–Crippen LogP) is 2.42. The molecule has 7 heteroatoms. The number of urea groups is 1. The van der Waals surface area contributed by atoms with Crippen LogP contribution in [0.15, 0.2) is 48.5 Å². The first-order valence-corrected chi connectivity index (χ1v) is 9.89. The van der Waals surface area contributed by atoms with Gasteiger partial charge in [-0.2, -0.15) is 0 Å². The van der Waals surface area contributed by atoms with Crippen molar-refractivity contribution < 1.29 is 19.1 Å². The van der Waals surface area contributed by atoms with Crippen molar-refractivity contribution in [1.29, 1.82) is 0 Å². The Hall–Kier alpha value is -2.90. The minimum absolute atomic E-state index is 0.0464. The molecule has 1 fully saturated rings. The van der Waals surface area contributed by atoms with Gasteiger partial charge in [0.05, 0.1) is 18.8 Å². The van der Waals surface area contributed by atoms with Gasteiger partial charge in [-0.1, -0.05) is 36.4 Å². The van der Waals surface area contributed by atoms with Crippen molar-refractivity contribution in [2.45, 2.75) is 19.1 Å². The molecule has 1 unspecified atom stereocenters. The summed E-state index contributed by atoms with van der Waals surface area (Å²) in [6.45, 7) is 4.20. The van der Waals surface area contributed by atoms with Crippen LogP contribution in [0.2, 0.25) is 0 Å². The molecule has 7 nitrogen and oxygen atoms in total. The van der Waals surface area contributed by atoms with Gasteiger partial charge >= 0.3 is 12.0 Å². The maximum atomic E-state index is 12.7. The number of cyclic esters (lactones) is 1. The predicted molar refractivity (Wildman–Crippen MR) is 109 cm³/mol. The standard InChI is InChI=1S/C22H25N3O4/c26-21-20-13-18(7-6-17(20)15-29-21)23-22(27)24-19(12-16-4-2-1-3-5-16)14-25-8-10-28-11-9-25/h1-7,13,19H,8-12,14-15H2,(H2,23,24,27). The molecule has 2 amide bonds. The van der Waals surface area contributed by atoms with Crippen molar-refractivity contribution in [3.05, 3.63) is 65.2 Å². The quantitative estimate of drug-likeness (QED) is 0.735. The van der Waals surface area contributed by atoms with E-state index < -0.39 is 0 Å². The van der Waals surface area contributed by atoms with Gasteiger partial charge in [0.25, 0.3) is 0 Å². The molecule has 2 aromatic carbocycles. The number of nitrogens with one attached hydrogen (secondary N) is 2. The van der Waals surface area contributed by atoms with Crippen LogP contribution in [0.4, 0.5) is 10.5 Å². The second-order valence-electron chi connectivity index (χ2n) is 7.35. The molecule has 2 aliphatic heterocycles. The number of carbonyl (C=O) groups is 2. The second-order valence-corrected chi connectivity index (χ2v) is 7.35. The van der Waals surface area contributed by atoms with Crippen molar-refractivity contribution in [3.63, 3.8) is 0 Å². The number of carbonyl (C=O) groups excluding carboxylic acids is 2. The fourth-order valence-corrected chi connectivity index (χ4v) is 3.70. The molecule has 2 aromatic rings. The molecule has 0 radical (unpaired) electrons. The van der Waals surface area contributed by atoms with Gasteiger partial charge in [-0.15, -0.1) is 0 Å².